The van der Waals surface area contributed by atoms with Gasteiger partial charge in [0.2, 0.25) is 0 Å². The first kappa shape index (κ1) is 15.2. The fraction of sp³-hybridized carbons (Fsp3) is 0.400. The third-order valence-electron chi connectivity index (χ3n) is 2.65. The van der Waals surface area contributed by atoms with Gasteiger partial charge in [0, 0.05) is 25.6 Å². The number of benzene rings is 1. The van der Waals surface area contributed by atoms with Gasteiger partial charge in [-0.25, -0.2) is 0 Å². The summed E-state index contributed by atoms with van der Waals surface area (Å²) in [5, 5.41) is 17.6. The molecule has 1 amide bonds. The Labute approximate surface area is 113 Å². The topological polar surface area (TPSA) is 60.8 Å². The predicted molar refractivity (Wildman–Crippen MR) is 73.8 cm³/mol. The van der Waals surface area contributed by atoms with Gasteiger partial charge in [0.15, 0.2) is 0 Å². The lowest BCUT2D eigenvalue weighted by Crippen LogP contribution is -2.30. The fourth-order valence-corrected chi connectivity index (χ4v) is 1.61. The van der Waals surface area contributed by atoms with Crippen molar-refractivity contribution in [2.24, 2.45) is 0 Å². The average molecular weight is 261 g/mol. The SMILES string of the molecule is Cc1ccc(C#CCCO)c(C(=O)N(C)CCO)c1. The minimum atomic E-state index is -0.161. The number of carbonyl (C=O) groups is 1. The second kappa shape index (κ2) is 7.57. The zero-order valence-electron chi connectivity index (χ0n) is 11.3. The summed E-state index contributed by atoms with van der Waals surface area (Å²) >= 11 is 0. The second-order valence-electron chi connectivity index (χ2n) is 4.27. The highest BCUT2D eigenvalue weighted by molar-refractivity contribution is 5.96. The summed E-state index contributed by atoms with van der Waals surface area (Å²) in [4.78, 5) is 13.7. The predicted octanol–water partition coefficient (Wildman–Crippen LogP) is 0.793. The molecule has 0 atom stereocenters. The van der Waals surface area contributed by atoms with Crippen molar-refractivity contribution in [3.05, 3.63) is 34.9 Å². The lowest BCUT2D eigenvalue weighted by molar-refractivity contribution is 0.0766. The maximum atomic E-state index is 12.2. The molecule has 0 fully saturated rings. The van der Waals surface area contributed by atoms with Crippen LogP contribution in [0.15, 0.2) is 18.2 Å². The molecule has 1 rings (SSSR count). The number of aliphatic hydroxyl groups is 2. The molecule has 0 radical (unpaired) electrons. The van der Waals surface area contributed by atoms with Crippen molar-refractivity contribution in [3.63, 3.8) is 0 Å². The number of likely N-dealkylation sites (N-methyl/N-ethyl adjacent to an activating group) is 1. The second-order valence-corrected chi connectivity index (χ2v) is 4.27. The largest absolute Gasteiger partial charge is 0.395 e. The van der Waals surface area contributed by atoms with Gasteiger partial charge in [0.25, 0.3) is 5.91 Å². The van der Waals surface area contributed by atoms with Gasteiger partial charge in [-0.3, -0.25) is 4.79 Å². The summed E-state index contributed by atoms with van der Waals surface area (Å²) in [5.41, 5.74) is 2.16. The van der Waals surface area contributed by atoms with E-state index >= 15 is 0 Å². The van der Waals surface area contributed by atoms with Gasteiger partial charge >= 0.3 is 0 Å². The van der Waals surface area contributed by atoms with Gasteiger partial charge in [-0.15, -0.1) is 0 Å². The van der Waals surface area contributed by atoms with Crippen LogP contribution < -0.4 is 0 Å². The van der Waals surface area contributed by atoms with Crippen LogP contribution in [0.3, 0.4) is 0 Å². The first-order chi connectivity index (χ1) is 9.10. The van der Waals surface area contributed by atoms with Gasteiger partial charge in [-0.2, -0.15) is 0 Å². The van der Waals surface area contributed by atoms with Crippen LogP contribution in [-0.2, 0) is 0 Å². The van der Waals surface area contributed by atoms with Crippen LogP contribution in [0, 0.1) is 18.8 Å². The molecular formula is C15H19NO3. The maximum Gasteiger partial charge on any atom is 0.254 e. The van der Waals surface area contributed by atoms with E-state index in [0.717, 1.165) is 5.56 Å². The van der Waals surface area contributed by atoms with E-state index in [1.807, 2.05) is 13.0 Å². The van der Waals surface area contributed by atoms with Crippen molar-refractivity contribution in [3.8, 4) is 11.8 Å². The Balaban J connectivity index is 3.07. The minimum absolute atomic E-state index is 0.00650. The number of hydrogen-bond donors (Lipinski definition) is 2. The van der Waals surface area contributed by atoms with Crippen molar-refractivity contribution >= 4 is 5.91 Å². The van der Waals surface area contributed by atoms with Crippen LogP contribution in [0.25, 0.3) is 0 Å². The molecule has 0 bridgehead atoms. The van der Waals surface area contributed by atoms with Crippen molar-refractivity contribution in [1.29, 1.82) is 0 Å². The minimum Gasteiger partial charge on any atom is -0.395 e. The molecule has 0 heterocycles. The van der Waals surface area contributed by atoms with Crippen LogP contribution in [-0.4, -0.2) is 47.8 Å². The van der Waals surface area contributed by atoms with Crippen LogP contribution >= 0.6 is 0 Å². The highest BCUT2D eigenvalue weighted by Crippen LogP contribution is 2.13. The lowest BCUT2D eigenvalue weighted by atomic mass is 10.0. The third-order valence-corrected chi connectivity index (χ3v) is 2.65. The van der Waals surface area contributed by atoms with Gasteiger partial charge in [0.05, 0.1) is 18.8 Å². The molecule has 0 saturated carbocycles. The Morgan fingerprint density at radius 3 is 2.68 bits per heavy atom. The van der Waals surface area contributed by atoms with E-state index in [1.165, 1.54) is 4.90 Å². The molecule has 1 aromatic carbocycles. The summed E-state index contributed by atoms with van der Waals surface area (Å²) in [7, 11) is 1.64. The lowest BCUT2D eigenvalue weighted by Gasteiger charge is -2.17. The van der Waals surface area contributed by atoms with Gasteiger partial charge in [-0.05, 0) is 19.1 Å². The van der Waals surface area contributed by atoms with E-state index in [-0.39, 0.29) is 25.7 Å². The number of amides is 1. The Bertz CT molecular complexity index is 500. The van der Waals surface area contributed by atoms with Crippen LogP contribution in [0.5, 0.6) is 0 Å². The Hall–Kier alpha value is -1.83. The van der Waals surface area contributed by atoms with Crippen molar-refractivity contribution in [2.45, 2.75) is 13.3 Å². The van der Waals surface area contributed by atoms with Crippen LogP contribution in [0.1, 0.15) is 27.9 Å². The van der Waals surface area contributed by atoms with Gasteiger partial charge < -0.3 is 15.1 Å². The maximum absolute atomic E-state index is 12.2. The standard InChI is InChI=1S/C15H19NO3/c1-12-6-7-13(5-3-4-9-17)14(11-12)15(19)16(2)8-10-18/h6-7,11,17-18H,4,8-10H2,1-2H3. The molecule has 0 spiro atoms. The molecule has 2 N–H and O–H groups in total. The number of rotatable bonds is 4. The van der Waals surface area contributed by atoms with E-state index in [4.69, 9.17) is 10.2 Å². The highest BCUT2D eigenvalue weighted by Gasteiger charge is 2.14. The van der Waals surface area contributed by atoms with Crippen molar-refractivity contribution in [2.75, 3.05) is 26.8 Å². The molecule has 4 heteroatoms. The summed E-state index contributed by atoms with van der Waals surface area (Å²) in [6, 6.07) is 5.49. The molecule has 1 aromatic rings. The Morgan fingerprint density at radius 2 is 2.05 bits per heavy atom. The van der Waals surface area contributed by atoms with Gasteiger partial charge in [-0.1, -0.05) is 23.5 Å². The molecule has 0 aliphatic heterocycles. The number of aliphatic hydroxyl groups excluding tert-OH is 2. The molecule has 0 aliphatic rings. The quantitative estimate of drug-likeness (QED) is 0.788. The van der Waals surface area contributed by atoms with Crippen LogP contribution in [0.2, 0.25) is 0 Å². The molecule has 4 nitrogen and oxygen atoms in total. The molecule has 19 heavy (non-hydrogen) atoms. The first-order valence-corrected chi connectivity index (χ1v) is 6.17. The molecule has 0 aliphatic carbocycles. The molecule has 0 unspecified atom stereocenters. The van der Waals surface area contributed by atoms with E-state index < -0.39 is 0 Å². The molecule has 102 valence electrons. The number of nitrogens with zero attached hydrogens (tertiary/aromatic N) is 1. The van der Waals surface area contributed by atoms with Crippen molar-refractivity contribution in [1.82, 2.24) is 4.90 Å². The summed E-state index contributed by atoms with van der Waals surface area (Å²) < 4.78 is 0. The molecule has 0 aromatic heterocycles. The third kappa shape index (κ3) is 4.40. The van der Waals surface area contributed by atoms with E-state index in [9.17, 15) is 4.79 Å². The van der Waals surface area contributed by atoms with Crippen molar-refractivity contribution < 1.29 is 15.0 Å². The summed E-state index contributed by atoms with van der Waals surface area (Å²) in [5.74, 6) is 5.56. The smallest absolute Gasteiger partial charge is 0.254 e. The highest BCUT2D eigenvalue weighted by atomic mass is 16.3. The first-order valence-electron chi connectivity index (χ1n) is 6.17. The fourth-order valence-electron chi connectivity index (χ4n) is 1.61. The summed E-state index contributed by atoms with van der Waals surface area (Å²) in [6.45, 7) is 2.14. The van der Waals surface area contributed by atoms with Gasteiger partial charge in [0.1, 0.15) is 0 Å². The average Bonchev–Trinajstić information content (AvgIpc) is 2.40. The molecule has 0 saturated heterocycles. The van der Waals surface area contributed by atoms with E-state index in [1.54, 1.807) is 19.2 Å². The normalized spacial score (nSPS) is 9.68. The molecular weight excluding hydrogens is 242 g/mol. The monoisotopic (exact) mass is 261 g/mol. The summed E-state index contributed by atoms with van der Waals surface area (Å²) in [6.07, 6.45) is 0.383. The van der Waals surface area contributed by atoms with Crippen LogP contribution in [0.4, 0.5) is 0 Å². The zero-order valence-corrected chi connectivity index (χ0v) is 11.3. The van der Waals surface area contributed by atoms with E-state index in [2.05, 4.69) is 11.8 Å². The zero-order chi connectivity index (χ0) is 14.3. The number of aryl methyl sites for hydroxylation is 1. The number of carbonyl (C=O) groups excluding carboxylic acids is 1. The Morgan fingerprint density at radius 1 is 1.32 bits per heavy atom. The Kier molecular flexibility index (Phi) is 6.07. The number of hydrogen-bond acceptors (Lipinski definition) is 3. The van der Waals surface area contributed by atoms with E-state index in [0.29, 0.717) is 17.5 Å².